The summed E-state index contributed by atoms with van der Waals surface area (Å²) in [6.07, 6.45) is 2.99. The van der Waals surface area contributed by atoms with Gasteiger partial charge in [-0.2, -0.15) is 0 Å². The average Bonchev–Trinajstić information content (AvgIpc) is 2.19. The van der Waals surface area contributed by atoms with Gasteiger partial charge in [-0.3, -0.25) is 4.79 Å². The molecule has 0 N–H and O–H groups in total. The molecule has 1 nitrogen and oxygen atoms in total. The van der Waals surface area contributed by atoms with Gasteiger partial charge in [-0.05, 0) is 36.5 Å². The van der Waals surface area contributed by atoms with Crippen molar-refractivity contribution in [1.29, 1.82) is 0 Å². The molecule has 0 heterocycles. The van der Waals surface area contributed by atoms with E-state index < -0.39 is 0 Å². The van der Waals surface area contributed by atoms with Crippen LogP contribution in [0.3, 0.4) is 0 Å². The summed E-state index contributed by atoms with van der Waals surface area (Å²) in [6, 6.07) is 3.23. The van der Waals surface area contributed by atoms with Crippen LogP contribution in [0.4, 0.5) is 4.39 Å². The molecule has 0 spiro atoms. The van der Waals surface area contributed by atoms with E-state index in [4.69, 9.17) is 0 Å². The van der Waals surface area contributed by atoms with E-state index in [-0.39, 0.29) is 11.6 Å². The van der Waals surface area contributed by atoms with Gasteiger partial charge < -0.3 is 0 Å². The molecular weight excluding hydrogens is 179 g/mol. The smallest absolute Gasteiger partial charge is 0.163 e. The summed E-state index contributed by atoms with van der Waals surface area (Å²) >= 11 is 0. The van der Waals surface area contributed by atoms with Gasteiger partial charge in [0.1, 0.15) is 5.82 Å². The van der Waals surface area contributed by atoms with E-state index in [1.165, 1.54) is 6.07 Å². The molecule has 0 saturated heterocycles. The quantitative estimate of drug-likeness (QED) is 0.668. The molecule has 0 unspecified atom stereocenters. The zero-order chi connectivity index (χ0) is 10.1. The first kappa shape index (κ1) is 9.38. The lowest BCUT2D eigenvalue weighted by Crippen LogP contribution is -2.14. The number of aryl methyl sites for hydroxylation is 1. The van der Waals surface area contributed by atoms with Crippen LogP contribution in [-0.2, 0) is 12.8 Å². The van der Waals surface area contributed by atoms with Crippen LogP contribution >= 0.6 is 0 Å². The Balaban J connectivity index is 2.63. The van der Waals surface area contributed by atoms with Crippen molar-refractivity contribution in [2.75, 3.05) is 0 Å². The number of halogens is 1. The second-order valence-corrected chi connectivity index (χ2v) is 3.69. The summed E-state index contributed by atoms with van der Waals surface area (Å²) in [6.45, 7) is 1.89. The first-order chi connectivity index (χ1) is 6.74. The Labute approximate surface area is 82.9 Å². The van der Waals surface area contributed by atoms with Gasteiger partial charge in [0.05, 0.1) is 0 Å². The topological polar surface area (TPSA) is 17.1 Å². The van der Waals surface area contributed by atoms with Crippen LogP contribution in [0.1, 0.15) is 41.3 Å². The van der Waals surface area contributed by atoms with Crippen LogP contribution in [0.25, 0.3) is 0 Å². The molecule has 74 valence electrons. The largest absolute Gasteiger partial charge is 0.294 e. The lowest BCUT2D eigenvalue weighted by atomic mass is 9.86. The van der Waals surface area contributed by atoms with Crippen molar-refractivity contribution in [3.05, 3.63) is 34.6 Å². The Kier molecular flexibility index (Phi) is 2.36. The van der Waals surface area contributed by atoms with Crippen molar-refractivity contribution in [2.45, 2.75) is 32.6 Å². The van der Waals surface area contributed by atoms with Gasteiger partial charge in [-0.15, -0.1) is 0 Å². The second kappa shape index (κ2) is 3.52. The van der Waals surface area contributed by atoms with E-state index in [0.29, 0.717) is 24.0 Å². The Bertz CT molecular complexity index is 382. The maximum absolute atomic E-state index is 13.4. The van der Waals surface area contributed by atoms with Crippen LogP contribution < -0.4 is 0 Å². The number of carbonyl (C=O) groups excluding carboxylic acids is 1. The number of hydrogen-bond donors (Lipinski definition) is 0. The molecule has 2 rings (SSSR count). The third-order valence-electron chi connectivity index (χ3n) is 2.82. The number of benzene rings is 1. The highest BCUT2D eigenvalue weighted by molar-refractivity contribution is 5.99. The predicted octanol–water partition coefficient (Wildman–Crippen LogP) is 2.91. The number of ketones is 1. The number of rotatable bonds is 1. The normalized spacial score (nSPS) is 15.4. The fourth-order valence-electron chi connectivity index (χ4n) is 2.14. The predicted molar refractivity (Wildman–Crippen MR) is 53.0 cm³/mol. The molecule has 0 atom stereocenters. The molecule has 0 fully saturated rings. The molecule has 0 radical (unpaired) electrons. The van der Waals surface area contributed by atoms with E-state index in [0.717, 1.165) is 18.4 Å². The van der Waals surface area contributed by atoms with E-state index in [9.17, 15) is 9.18 Å². The van der Waals surface area contributed by atoms with Gasteiger partial charge in [0.15, 0.2) is 5.78 Å². The van der Waals surface area contributed by atoms with Crippen molar-refractivity contribution >= 4 is 5.78 Å². The lowest BCUT2D eigenvalue weighted by molar-refractivity contribution is 0.0971. The van der Waals surface area contributed by atoms with Gasteiger partial charge in [0, 0.05) is 12.0 Å². The van der Waals surface area contributed by atoms with Crippen molar-refractivity contribution in [3.8, 4) is 0 Å². The minimum Gasteiger partial charge on any atom is -0.294 e. The summed E-state index contributed by atoms with van der Waals surface area (Å²) in [4.78, 5) is 11.7. The van der Waals surface area contributed by atoms with Gasteiger partial charge in [0.2, 0.25) is 0 Å². The number of carbonyl (C=O) groups is 1. The molecular formula is C12H13FO. The Morgan fingerprint density at radius 3 is 2.86 bits per heavy atom. The van der Waals surface area contributed by atoms with Crippen molar-refractivity contribution in [3.63, 3.8) is 0 Å². The van der Waals surface area contributed by atoms with Crippen LogP contribution in [-0.4, -0.2) is 5.78 Å². The van der Waals surface area contributed by atoms with Gasteiger partial charge in [0.25, 0.3) is 0 Å². The summed E-state index contributed by atoms with van der Waals surface area (Å²) in [5.74, 6) is -0.121. The standard InChI is InChI=1S/C12H13FO/c1-2-9-10(13)7-6-8-4-3-5-11(14)12(8)9/h6-7H,2-5H2,1H3. The minimum absolute atomic E-state index is 0.114. The van der Waals surface area contributed by atoms with Gasteiger partial charge >= 0.3 is 0 Å². The molecule has 1 aromatic rings. The Morgan fingerprint density at radius 2 is 2.14 bits per heavy atom. The van der Waals surface area contributed by atoms with E-state index >= 15 is 0 Å². The van der Waals surface area contributed by atoms with Crippen LogP contribution in [0.5, 0.6) is 0 Å². The van der Waals surface area contributed by atoms with Gasteiger partial charge in [-0.1, -0.05) is 13.0 Å². The van der Waals surface area contributed by atoms with Crippen molar-refractivity contribution in [1.82, 2.24) is 0 Å². The Morgan fingerprint density at radius 1 is 1.36 bits per heavy atom. The lowest BCUT2D eigenvalue weighted by Gasteiger charge is -2.18. The van der Waals surface area contributed by atoms with Crippen molar-refractivity contribution in [2.24, 2.45) is 0 Å². The molecule has 0 saturated carbocycles. The molecule has 0 bridgehead atoms. The molecule has 1 aliphatic carbocycles. The highest BCUT2D eigenvalue weighted by Crippen LogP contribution is 2.26. The number of hydrogen-bond acceptors (Lipinski definition) is 1. The molecule has 0 aliphatic heterocycles. The highest BCUT2D eigenvalue weighted by atomic mass is 19.1. The van der Waals surface area contributed by atoms with Gasteiger partial charge in [-0.25, -0.2) is 4.39 Å². The van der Waals surface area contributed by atoms with Crippen molar-refractivity contribution < 1.29 is 9.18 Å². The summed E-state index contributed by atoms with van der Waals surface area (Å²) < 4.78 is 13.4. The zero-order valence-corrected chi connectivity index (χ0v) is 8.27. The molecule has 0 aromatic heterocycles. The van der Waals surface area contributed by atoms with Crippen LogP contribution in [0, 0.1) is 5.82 Å². The first-order valence-electron chi connectivity index (χ1n) is 5.07. The average molecular weight is 192 g/mol. The molecule has 1 aromatic carbocycles. The Hall–Kier alpha value is -1.18. The van der Waals surface area contributed by atoms with Crippen LogP contribution in [0.2, 0.25) is 0 Å². The SMILES string of the molecule is CCc1c(F)ccc2c1C(=O)CCC2. The summed E-state index contributed by atoms with van der Waals surface area (Å²) in [7, 11) is 0. The maximum Gasteiger partial charge on any atom is 0.163 e. The third kappa shape index (κ3) is 1.35. The van der Waals surface area contributed by atoms with Crippen LogP contribution in [0.15, 0.2) is 12.1 Å². The first-order valence-corrected chi connectivity index (χ1v) is 5.07. The fourth-order valence-corrected chi connectivity index (χ4v) is 2.14. The number of fused-ring (bicyclic) bond motifs is 1. The monoisotopic (exact) mass is 192 g/mol. The highest BCUT2D eigenvalue weighted by Gasteiger charge is 2.21. The second-order valence-electron chi connectivity index (χ2n) is 3.69. The third-order valence-corrected chi connectivity index (χ3v) is 2.82. The zero-order valence-electron chi connectivity index (χ0n) is 8.27. The maximum atomic E-state index is 13.4. The molecule has 1 aliphatic rings. The molecule has 14 heavy (non-hydrogen) atoms. The molecule has 2 heteroatoms. The van der Waals surface area contributed by atoms with E-state index in [1.54, 1.807) is 6.07 Å². The fraction of sp³-hybridized carbons (Fsp3) is 0.417. The molecule has 0 amide bonds. The minimum atomic E-state index is -0.235. The van der Waals surface area contributed by atoms with E-state index in [2.05, 4.69) is 0 Å². The summed E-state index contributed by atoms with van der Waals surface area (Å²) in [5, 5.41) is 0. The number of Topliss-reactive ketones (excluding diaryl/α,β-unsaturated/α-hetero) is 1. The summed E-state index contributed by atoms with van der Waals surface area (Å²) in [5.41, 5.74) is 2.30. The van der Waals surface area contributed by atoms with E-state index in [1.807, 2.05) is 6.92 Å².